The summed E-state index contributed by atoms with van der Waals surface area (Å²) in [5.74, 6) is 0.592. The average molecular weight is 284 g/mol. The first kappa shape index (κ1) is 14.2. The molecule has 0 atom stereocenters. The fourth-order valence-electron chi connectivity index (χ4n) is 2.40. The summed E-state index contributed by atoms with van der Waals surface area (Å²) in [4.78, 5) is 15.9. The molecule has 19 heavy (non-hydrogen) atoms. The highest BCUT2D eigenvalue weighted by Gasteiger charge is 2.25. The first-order valence-electron chi connectivity index (χ1n) is 6.62. The molecule has 5 heteroatoms. The van der Waals surface area contributed by atoms with Gasteiger partial charge in [-0.3, -0.25) is 4.79 Å². The summed E-state index contributed by atoms with van der Waals surface area (Å²) in [5.41, 5.74) is 0.551. The van der Waals surface area contributed by atoms with Crippen molar-refractivity contribution in [1.29, 1.82) is 0 Å². The molecule has 1 heterocycles. The standard InChI is InChI=1S/C14H19ClN2O2/c1-3-16-6-8-17(9-7-16)14(18)12-10-11(15)4-5-13(12)19-2/h4-5,10H,3,6-9H2,1-2H3/p+1. The Hall–Kier alpha value is -1.26. The number of carbonyl (C=O) groups is 1. The summed E-state index contributed by atoms with van der Waals surface area (Å²) in [7, 11) is 1.57. The molecule has 0 saturated carbocycles. The van der Waals surface area contributed by atoms with Crippen molar-refractivity contribution >= 4 is 17.5 Å². The number of hydrogen-bond acceptors (Lipinski definition) is 2. The minimum absolute atomic E-state index is 0.00880. The van der Waals surface area contributed by atoms with Crippen molar-refractivity contribution in [2.24, 2.45) is 0 Å². The van der Waals surface area contributed by atoms with Crippen LogP contribution >= 0.6 is 11.6 Å². The molecular formula is C14H20ClN2O2+. The van der Waals surface area contributed by atoms with E-state index in [2.05, 4.69) is 6.92 Å². The van der Waals surface area contributed by atoms with E-state index in [4.69, 9.17) is 16.3 Å². The summed E-state index contributed by atoms with van der Waals surface area (Å²) in [6.45, 7) is 6.88. The van der Waals surface area contributed by atoms with Crippen LogP contribution in [0.4, 0.5) is 0 Å². The van der Waals surface area contributed by atoms with Crippen LogP contribution in [0.2, 0.25) is 5.02 Å². The van der Waals surface area contributed by atoms with Crippen LogP contribution in [0.15, 0.2) is 18.2 Å². The predicted molar refractivity (Wildman–Crippen MR) is 75.1 cm³/mol. The molecule has 4 nitrogen and oxygen atoms in total. The number of ether oxygens (including phenoxy) is 1. The maximum atomic E-state index is 12.5. The van der Waals surface area contributed by atoms with Gasteiger partial charge in [0.25, 0.3) is 5.91 Å². The third-order valence-corrected chi connectivity index (χ3v) is 3.88. The fraction of sp³-hybridized carbons (Fsp3) is 0.500. The van der Waals surface area contributed by atoms with E-state index in [0.29, 0.717) is 16.3 Å². The number of amides is 1. The van der Waals surface area contributed by atoms with Crippen molar-refractivity contribution in [2.75, 3.05) is 39.8 Å². The lowest BCUT2D eigenvalue weighted by molar-refractivity contribution is -0.902. The zero-order chi connectivity index (χ0) is 13.8. The Morgan fingerprint density at radius 1 is 1.42 bits per heavy atom. The number of piperazine rings is 1. The Morgan fingerprint density at radius 2 is 2.11 bits per heavy atom. The van der Waals surface area contributed by atoms with Crippen molar-refractivity contribution in [3.63, 3.8) is 0 Å². The highest BCUT2D eigenvalue weighted by Crippen LogP contribution is 2.24. The minimum Gasteiger partial charge on any atom is -0.496 e. The molecule has 0 spiro atoms. The average Bonchev–Trinajstić information content (AvgIpc) is 2.46. The molecule has 1 aliphatic rings. The van der Waals surface area contributed by atoms with E-state index in [9.17, 15) is 4.79 Å². The monoisotopic (exact) mass is 283 g/mol. The Morgan fingerprint density at radius 3 is 2.68 bits per heavy atom. The van der Waals surface area contributed by atoms with Crippen LogP contribution in [0.1, 0.15) is 17.3 Å². The molecule has 0 bridgehead atoms. The molecule has 0 aromatic heterocycles. The Labute approximate surface area is 118 Å². The van der Waals surface area contributed by atoms with Gasteiger partial charge in [0.15, 0.2) is 0 Å². The van der Waals surface area contributed by atoms with Gasteiger partial charge in [-0.15, -0.1) is 0 Å². The van der Waals surface area contributed by atoms with Gasteiger partial charge in [-0.1, -0.05) is 11.6 Å². The van der Waals surface area contributed by atoms with Crippen LogP contribution in [0.5, 0.6) is 5.75 Å². The summed E-state index contributed by atoms with van der Waals surface area (Å²) < 4.78 is 5.24. The molecule has 1 saturated heterocycles. The highest BCUT2D eigenvalue weighted by atomic mass is 35.5. The van der Waals surface area contributed by atoms with Crippen molar-refractivity contribution in [3.8, 4) is 5.75 Å². The number of nitrogens with one attached hydrogen (secondary N) is 1. The summed E-state index contributed by atoms with van der Waals surface area (Å²) in [6, 6.07) is 5.15. The van der Waals surface area contributed by atoms with Crippen molar-refractivity contribution in [1.82, 2.24) is 4.90 Å². The van der Waals surface area contributed by atoms with E-state index in [1.807, 2.05) is 4.90 Å². The van der Waals surface area contributed by atoms with Gasteiger partial charge in [0.05, 0.1) is 45.4 Å². The van der Waals surface area contributed by atoms with Gasteiger partial charge in [0, 0.05) is 5.02 Å². The summed E-state index contributed by atoms with van der Waals surface area (Å²) in [6.07, 6.45) is 0. The van der Waals surface area contributed by atoms with Gasteiger partial charge in [0.2, 0.25) is 0 Å². The van der Waals surface area contributed by atoms with Crippen LogP contribution in [0.3, 0.4) is 0 Å². The number of nitrogens with zero attached hydrogens (tertiary/aromatic N) is 1. The molecule has 2 rings (SSSR count). The quantitative estimate of drug-likeness (QED) is 0.887. The van der Waals surface area contributed by atoms with Gasteiger partial charge in [-0.25, -0.2) is 0 Å². The third kappa shape index (κ3) is 3.19. The highest BCUT2D eigenvalue weighted by molar-refractivity contribution is 6.31. The van der Waals surface area contributed by atoms with E-state index < -0.39 is 0 Å². The Bertz CT molecular complexity index is 457. The molecule has 1 fully saturated rings. The number of methoxy groups -OCH3 is 1. The smallest absolute Gasteiger partial charge is 0.258 e. The molecule has 1 N–H and O–H groups in total. The van der Waals surface area contributed by atoms with E-state index in [1.54, 1.807) is 30.2 Å². The molecule has 1 aliphatic heterocycles. The molecule has 104 valence electrons. The van der Waals surface area contributed by atoms with Gasteiger partial charge in [-0.05, 0) is 25.1 Å². The largest absolute Gasteiger partial charge is 0.496 e. The molecule has 1 aromatic carbocycles. The zero-order valence-electron chi connectivity index (χ0n) is 11.4. The second-order valence-electron chi connectivity index (χ2n) is 4.74. The van der Waals surface area contributed by atoms with Crippen LogP contribution in [-0.4, -0.2) is 50.6 Å². The molecule has 1 amide bonds. The first-order valence-corrected chi connectivity index (χ1v) is 7.00. The lowest BCUT2D eigenvalue weighted by Gasteiger charge is -2.31. The zero-order valence-corrected chi connectivity index (χ0v) is 12.2. The molecule has 0 unspecified atom stereocenters. The maximum Gasteiger partial charge on any atom is 0.258 e. The molecular weight excluding hydrogens is 264 g/mol. The van der Waals surface area contributed by atoms with E-state index in [0.717, 1.165) is 32.7 Å². The van der Waals surface area contributed by atoms with Crippen molar-refractivity contribution in [3.05, 3.63) is 28.8 Å². The number of rotatable bonds is 3. The van der Waals surface area contributed by atoms with Gasteiger partial charge >= 0.3 is 0 Å². The van der Waals surface area contributed by atoms with Gasteiger partial charge in [-0.2, -0.15) is 0 Å². The van der Waals surface area contributed by atoms with Crippen molar-refractivity contribution < 1.29 is 14.4 Å². The van der Waals surface area contributed by atoms with Crippen LogP contribution in [0.25, 0.3) is 0 Å². The predicted octanol–water partition coefficient (Wildman–Crippen LogP) is 0.709. The lowest BCUT2D eigenvalue weighted by atomic mass is 10.1. The van der Waals surface area contributed by atoms with Crippen molar-refractivity contribution in [2.45, 2.75) is 6.92 Å². The number of carbonyl (C=O) groups excluding carboxylic acids is 1. The number of halogens is 1. The normalized spacial score (nSPS) is 16.5. The third-order valence-electron chi connectivity index (χ3n) is 3.65. The van der Waals surface area contributed by atoms with Gasteiger partial charge < -0.3 is 14.5 Å². The maximum absolute atomic E-state index is 12.5. The molecule has 1 aromatic rings. The Kier molecular flexibility index (Phi) is 4.66. The Balaban J connectivity index is 2.14. The number of quaternary nitrogens is 1. The number of likely N-dealkylation sites (N-methyl/N-ethyl adjacent to an activating group) is 1. The summed E-state index contributed by atoms with van der Waals surface area (Å²) in [5, 5.41) is 0.557. The van der Waals surface area contributed by atoms with E-state index in [1.165, 1.54) is 0 Å². The van der Waals surface area contributed by atoms with Gasteiger partial charge in [0.1, 0.15) is 5.75 Å². The second-order valence-corrected chi connectivity index (χ2v) is 5.18. The van der Waals surface area contributed by atoms with Crippen LogP contribution in [0, 0.1) is 0 Å². The first-order chi connectivity index (χ1) is 9.15. The van der Waals surface area contributed by atoms with E-state index in [-0.39, 0.29) is 5.91 Å². The minimum atomic E-state index is 0.00880. The topological polar surface area (TPSA) is 34.0 Å². The fourth-order valence-corrected chi connectivity index (χ4v) is 2.57. The summed E-state index contributed by atoms with van der Waals surface area (Å²) >= 11 is 5.97. The number of hydrogen-bond donors (Lipinski definition) is 1. The van der Waals surface area contributed by atoms with E-state index >= 15 is 0 Å². The van der Waals surface area contributed by atoms with Crippen LogP contribution < -0.4 is 9.64 Å². The molecule has 0 radical (unpaired) electrons. The number of benzene rings is 1. The SMILES string of the molecule is CC[NH+]1CCN(C(=O)c2cc(Cl)ccc2OC)CC1. The second kappa shape index (κ2) is 6.26. The lowest BCUT2D eigenvalue weighted by Crippen LogP contribution is -3.14. The van der Waals surface area contributed by atoms with Crippen LogP contribution in [-0.2, 0) is 0 Å². The molecule has 0 aliphatic carbocycles.